The lowest BCUT2D eigenvalue weighted by Crippen LogP contribution is -2.51. The van der Waals surface area contributed by atoms with Crippen LogP contribution < -0.4 is 5.32 Å². The third-order valence-corrected chi connectivity index (χ3v) is 6.74. The largest absolute Gasteiger partial charge is 0.355 e. The van der Waals surface area contributed by atoms with Crippen LogP contribution in [0.4, 0.5) is 0 Å². The maximum atomic E-state index is 13.5. The van der Waals surface area contributed by atoms with Gasteiger partial charge in [-0.1, -0.05) is 76.1 Å². The van der Waals surface area contributed by atoms with E-state index in [0.717, 1.165) is 20.5 Å². The quantitative estimate of drug-likeness (QED) is 0.350. The van der Waals surface area contributed by atoms with Crippen molar-refractivity contribution in [3.8, 4) is 0 Å². The first-order valence-electron chi connectivity index (χ1n) is 11.0. The van der Waals surface area contributed by atoms with Gasteiger partial charge in [-0.2, -0.15) is 0 Å². The molecular weight excluding hydrogens is 496 g/mol. The van der Waals surface area contributed by atoms with Crippen LogP contribution in [0.25, 0.3) is 0 Å². The van der Waals surface area contributed by atoms with Crippen molar-refractivity contribution in [2.45, 2.75) is 37.8 Å². The van der Waals surface area contributed by atoms with Gasteiger partial charge in [-0.05, 0) is 49.2 Å². The van der Waals surface area contributed by atoms with Crippen LogP contribution in [0, 0.1) is 6.92 Å². The molecule has 3 aromatic rings. The Hall–Kier alpha value is -2.57. The lowest BCUT2D eigenvalue weighted by molar-refractivity contribution is -0.139. The number of thioether (sulfide) groups is 1. The summed E-state index contributed by atoms with van der Waals surface area (Å²) in [5.74, 6) is 0.0691. The Bertz CT molecular complexity index is 1060. The maximum Gasteiger partial charge on any atom is 0.243 e. The Labute approximate surface area is 208 Å². The zero-order valence-corrected chi connectivity index (χ0v) is 21.4. The van der Waals surface area contributed by atoms with Crippen molar-refractivity contribution in [1.29, 1.82) is 0 Å². The molecule has 0 aliphatic carbocycles. The van der Waals surface area contributed by atoms with E-state index in [4.69, 9.17) is 0 Å². The lowest BCUT2D eigenvalue weighted by Gasteiger charge is -2.31. The molecule has 0 aliphatic rings. The number of benzene rings is 3. The highest BCUT2D eigenvalue weighted by Crippen LogP contribution is 2.22. The Morgan fingerprint density at radius 1 is 0.970 bits per heavy atom. The van der Waals surface area contributed by atoms with Gasteiger partial charge < -0.3 is 10.2 Å². The van der Waals surface area contributed by atoms with Crippen molar-refractivity contribution in [3.63, 3.8) is 0 Å². The van der Waals surface area contributed by atoms with Crippen molar-refractivity contribution in [3.05, 3.63) is 100 Å². The van der Waals surface area contributed by atoms with E-state index >= 15 is 0 Å². The van der Waals surface area contributed by atoms with Crippen LogP contribution in [0.3, 0.4) is 0 Å². The van der Waals surface area contributed by atoms with Crippen LogP contribution >= 0.6 is 27.7 Å². The minimum absolute atomic E-state index is 0.0623. The molecular formula is C27H29BrN2O2S. The first-order valence-corrected chi connectivity index (χ1v) is 12.8. The summed E-state index contributed by atoms with van der Waals surface area (Å²) in [5.41, 5.74) is 3.17. The standard InChI is InChI=1S/C27H29BrN2O2S/c1-3-29-27(32)25(17-21-8-5-4-6-9-21)30(18-22-10-7-11-23(28)16-22)26(31)19-33-24-14-12-20(2)13-15-24/h4-16,25H,3,17-19H2,1-2H3,(H,29,32)/t25-/m0/s1. The van der Waals surface area contributed by atoms with Crippen molar-refractivity contribution < 1.29 is 9.59 Å². The molecule has 2 amide bonds. The number of halogens is 1. The van der Waals surface area contributed by atoms with Crippen molar-refractivity contribution >= 4 is 39.5 Å². The van der Waals surface area contributed by atoms with E-state index in [1.54, 1.807) is 4.90 Å². The van der Waals surface area contributed by atoms with E-state index in [2.05, 4.69) is 21.2 Å². The summed E-state index contributed by atoms with van der Waals surface area (Å²) in [7, 11) is 0. The SMILES string of the molecule is CCNC(=O)[C@H](Cc1ccccc1)N(Cc1cccc(Br)c1)C(=O)CSc1ccc(C)cc1. The number of hydrogen-bond donors (Lipinski definition) is 1. The Balaban J connectivity index is 1.88. The summed E-state index contributed by atoms with van der Waals surface area (Å²) in [6, 6.07) is 25.3. The average molecular weight is 526 g/mol. The third-order valence-electron chi connectivity index (χ3n) is 5.25. The number of carbonyl (C=O) groups excluding carboxylic acids is 2. The fourth-order valence-corrected chi connectivity index (χ4v) is 4.77. The Morgan fingerprint density at radius 2 is 1.67 bits per heavy atom. The number of likely N-dealkylation sites (N-methyl/N-ethyl adjacent to an activating group) is 1. The molecule has 3 aromatic carbocycles. The molecule has 0 aliphatic heterocycles. The molecule has 0 saturated heterocycles. The zero-order valence-electron chi connectivity index (χ0n) is 19.0. The highest BCUT2D eigenvalue weighted by atomic mass is 79.9. The number of aryl methyl sites for hydroxylation is 1. The third kappa shape index (κ3) is 7.76. The van der Waals surface area contributed by atoms with E-state index in [1.165, 1.54) is 17.3 Å². The van der Waals surface area contributed by atoms with Gasteiger partial charge in [0.1, 0.15) is 6.04 Å². The first kappa shape index (κ1) is 25.1. The Morgan fingerprint density at radius 3 is 2.33 bits per heavy atom. The molecule has 0 unspecified atom stereocenters. The van der Waals surface area contributed by atoms with E-state index in [-0.39, 0.29) is 17.6 Å². The predicted octanol–water partition coefficient (Wildman–Crippen LogP) is 5.63. The van der Waals surface area contributed by atoms with Crippen LogP contribution in [0.2, 0.25) is 0 Å². The topological polar surface area (TPSA) is 49.4 Å². The normalized spacial score (nSPS) is 11.6. The van der Waals surface area contributed by atoms with Gasteiger partial charge in [-0.15, -0.1) is 11.8 Å². The highest BCUT2D eigenvalue weighted by Gasteiger charge is 2.30. The van der Waals surface area contributed by atoms with E-state index in [1.807, 2.05) is 92.7 Å². The number of nitrogens with zero attached hydrogens (tertiary/aromatic N) is 1. The molecule has 33 heavy (non-hydrogen) atoms. The monoisotopic (exact) mass is 524 g/mol. The summed E-state index contributed by atoms with van der Waals surface area (Å²) >= 11 is 5.01. The van der Waals surface area contributed by atoms with Crippen LogP contribution in [0.5, 0.6) is 0 Å². The predicted molar refractivity (Wildman–Crippen MR) is 139 cm³/mol. The van der Waals surface area contributed by atoms with Gasteiger partial charge in [0.2, 0.25) is 11.8 Å². The fourth-order valence-electron chi connectivity index (χ4n) is 3.54. The van der Waals surface area contributed by atoms with Crippen LogP contribution in [-0.4, -0.2) is 35.1 Å². The van der Waals surface area contributed by atoms with E-state index in [9.17, 15) is 9.59 Å². The second-order valence-corrected chi connectivity index (χ2v) is 9.82. The molecule has 0 radical (unpaired) electrons. The van der Waals surface area contributed by atoms with Crippen molar-refractivity contribution in [1.82, 2.24) is 10.2 Å². The molecule has 0 saturated carbocycles. The van der Waals surface area contributed by atoms with E-state index < -0.39 is 6.04 Å². The summed E-state index contributed by atoms with van der Waals surface area (Å²) in [6.45, 7) is 4.81. The van der Waals surface area contributed by atoms with Crippen molar-refractivity contribution in [2.24, 2.45) is 0 Å². The molecule has 6 heteroatoms. The maximum absolute atomic E-state index is 13.5. The van der Waals surface area contributed by atoms with Crippen molar-refractivity contribution in [2.75, 3.05) is 12.3 Å². The van der Waals surface area contributed by atoms with Gasteiger partial charge in [0, 0.05) is 28.9 Å². The number of amides is 2. The molecule has 0 fully saturated rings. The summed E-state index contributed by atoms with van der Waals surface area (Å²) in [6.07, 6.45) is 0.460. The van der Waals surface area contributed by atoms with Gasteiger partial charge in [-0.25, -0.2) is 0 Å². The van der Waals surface area contributed by atoms with Gasteiger partial charge >= 0.3 is 0 Å². The number of rotatable bonds is 10. The molecule has 3 rings (SSSR count). The number of hydrogen-bond acceptors (Lipinski definition) is 3. The highest BCUT2D eigenvalue weighted by molar-refractivity contribution is 9.10. The molecule has 4 nitrogen and oxygen atoms in total. The first-order chi connectivity index (χ1) is 16.0. The molecule has 1 atom stereocenters. The molecule has 172 valence electrons. The van der Waals surface area contributed by atoms with Gasteiger partial charge in [0.25, 0.3) is 0 Å². The molecule has 0 spiro atoms. The summed E-state index contributed by atoms with van der Waals surface area (Å²) in [5, 5.41) is 2.93. The summed E-state index contributed by atoms with van der Waals surface area (Å²) < 4.78 is 0.944. The summed E-state index contributed by atoms with van der Waals surface area (Å²) in [4.78, 5) is 29.4. The molecule has 0 aromatic heterocycles. The number of nitrogens with one attached hydrogen (secondary N) is 1. The zero-order chi connectivity index (χ0) is 23.6. The number of carbonyl (C=O) groups is 2. The van der Waals surface area contributed by atoms with Crippen LogP contribution in [0.1, 0.15) is 23.6 Å². The Kier molecular flexibility index (Phi) is 9.58. The van der Waals surface area contributed by atoms with Gasteiger partial charge in [-0.3, -0.25) is 9.59 Å². The smallest absolute Gasteiger partial charge is 0.243 e. The fraction of sp³-hybridized carbons (Fsp3) is 0.259. The average Bonchev–Trinajstić information content (AvgIpc) is 2.81. The minimum atomic E-state index is -0.600. The minimum Gasteiger partial charge on any atom is -0.355 e. The molecule has 0 bridgehead atoms. The lowest BCUT2D eigenvalue weighted by atomic mass is 10.0. The van der Waals surface area contributed by atoms with Crippen LogP contribution in [-0.2, 0) is 22.6 Å². The van der Waals surface area contributed by atoms with E-state index in [0.29, 0.717) is 19.5 Å². The second kappa shape index (κ2) is 12.6. The van der Waals surface area contributed by atoms with Gasteiger partial charge in [0.05, 0.1) is 5.75 Å². The van der Waals surface area contributed by atoms with Gasteiger partial charge in [0.15, 0.2) is 0 Å². The molecule has 0 heterocycles. The second-order valence-electron chi connectivity index (χ2n) is 7.85. The molecule has 1 N–H and O–H groups in total. The van der Waals surface area contributed by atoms with Crippen LogP contribution in [0.15, 0.2) is 88.2 Å².